The molecule has 1 aromatic heterocycles. The van der Waals surface area contributed by atoms with Crippen molar-refractivity contribution in [2.24, 2.45) is 0 Å². The molecule has 1 nitrogen and oxygen atoms in total. The molecule has 0 unspecified atom stereocenters. The minimum absolute atomic E-state index is 0.0292. The van der Waals surface area contributed by atoms with Crippen molar-refractivity contribution in [1.29, 1.82) is 0 Å². The van der Waals surface area contributed by atoms with Gasteiger partial charge in [-0.15, -0.1) is 11.3 Å². The molecule has 116 valence electrons. The molecule has 0 fully saturated rings. The van der Waals surface area contributed by atoms with E-state index in [1.54, 1.807) is 19.1 Å². The van der Waals surface area contributed by atoms with Crippen LogP contribution < -0.4 is 0 Å². The number of carbonyl (C=O) groups is 1. The van der Waals surface area contributed by atoms with Crippen LogP contribution in [-0.2, 0) is 0 Å². The molecule has 0 amide bonds. The Labute approximate surface area is 153 Å². The zero-order valence-corrected chi connectivity index (χ0v) is 15.2. The van der Waals surface area contributed by atoms with E-state index in [-0.39, 0.29) is 5.78 Å². The van der Waals surface area contributed by atoms with E-state index in [0.717, 1.165) is 21.6 Å². The van der Waals surface area contributed by atoms with Crippen molar-refractivity contribution < 1.29 is 4.79 Å². The van der Waals surface area contributed by atoms with Crippen LogP contribution >= 0.6 is 46.1 Å². The Hall–Kier alpha value is -1.32. The van der Waals surface area contributed by atoms with Gasteiger partial charge in [-0.3, -0.25) is 4.79 Å². The molecule has 0 radical (unpaired) electrons. The molecule has 0 N–H and O–H groups in total. The zero-order chi connectivity index (χ0) is 16.6. The molecule has 3 aromatic rings. The molecular weight excluding hydrogens is 371 g/mol. The standard InChI is InChI=1S/C18H11Cl3OS/c1-10(22)17-9-15(11-2-4-12(19)5-3-11)18(23-17)14-7-6-13(20)8-16(14)21/h2-9H,1H3. The number of carbonyl (C=O) groups excluding carboxylic acids is 1. The Morgan fingerprint density at radius 2 is 1.52 bits per heavy atom. The summed E-state index contributed by atoms with van der Waals surface area (Å²) in [6.45, 7) is 1.56. The molecular formula is C18H11Cl3OS. The summed E-state index contributed by atoms with van der Waals surface area (Å²) < 4.78 is 0. The second kappa shape index (κ2) is 6.66. The maximum atomic E-state index is 11.8. The first kappa shape index (κ1) is 16.5. The number of halogens is 3. The average Bonchev–Trinajstić information content (AvgIpc) is 2.93. The smallest absolute Gasteiger partial charge is 0.169 e. The quantitative estimate of drug-likeness (QED) is 0.437. The van der Waals surface area contributed by atoms with Crippen LogP contribution in [0, 0.1) is 0 Å². The lowest BCUT2D eigenvalue weighted by Gasteiger charge is -2.07. The fourth-order valence-electron chi connectivity index (χ4n) is 2.28. The van der Waals surface area contributed by atoms with Gasteiger partial charge in [-0.1, -0.05) is 53.0 Å². The monoisotopic (exact) mass is 380 g/mol. The normalized spacial score (nSPS) is 10.8. The molecule has 3 rings (SSSR count). The fourth-order valence-corrected chi connectivity index (χ4v) is 4.08. The predicted molar refractivity (Wildman–Crippen MR) is 100 cm³/mol. The number of ketones is 1. The Bertz CT molecular complexity index is 882. The van der Waals surface area contributed by atoms with Crippen molar-refractivity contribution >= 4 is 51.9 Å². The van der Waals surface area contributed by atoms with Gasteiger partial charge in [0.15, 0.2) is 5.78 Å². The Kier molecular flexibility index (Phi) is 4.79. The van der Waals surface area contributed by atoms with Crippen molar-refractivity contribution in [3.05, 3.63) is 68.5 Å². The van der Waals surface area contributed by atoms with Gasteiger partial charge in [-0.25, -0.2) is 0 Å². The molecule has 0 atom stereocenters. The minimum Gasteiger partial charge on any atom is -0.294 e. The highest BCUT2D eigenvalue weighted by Gasteiger charge is 2.17. The van der Waals surface area contributed by atoms with Crippen molar-refractivity contribution in [1.82, 2.24) is 0 Å². The van der Waals surface area contributed by atoms with Gasteiger partial charge >= 0.3 is 0 Å². The fraction of sp³-hybridized carbons (Fsp3) is 0.0556. The van der Waals surface area contributed by atoms with E-state index in [1.165, 1.54) is 11.3 Å². The van der Waals surface area contributed by atoms with Gasteiger partial charge in [0.2, 0.25) is 0 Å². The van der Waals surface area contributed by atoms with E-state index >= 15 is 0 Å². The van der Waals surface area contributed by atoms with Crippen LogP contribution in [0.25, 0.3) is 21.6 Å². The van der Waals surface area contributed by atoms with Crippen molar-refractivity contribution in [3.63, 3.8) is 0 Å². The van der Waals surface area contributed by atoms with E-state index in [0.29, 0.717) is 19.9 Å². The molecule has 1 heterocycles. The Morgan fingerprint density at radius 3 is 2.13 bits per heavy atom. The molecule has 0 spiro atoms. The number of rotatable bonds is 3. The third-order valence-electron chi connectivity index (χ3n) is 3.41. The van der Waals surface area contributed by atoms with Gasteiger partial charge in [-0.05, 0) is 42.8 Å². The Morgan fingerprint density at radius 1 is 0.870 bits per heavy atom. The van der Waals surface area contributed by atoms with Crippen LogP contribution in [0.2, 0.25) is 15.1 Å². The molecule has 23 heavy (non-hydrogen) atoms. The van der Waals surface area contributed by atoms with Gasteiger partial charge < -0.3 is 0 Å². The highest BCUT2D eigenvalue weighted by Crippen LogP contribution is 2.43. The van der Waals surface area contributed by atoms with Crippen LogP contribution in [0.5, 0.6) is 0 Å². The maximum Gasteiger partial charge on any atom is 0.169 e. The molecule has 0 saturated carbocycles. The van der Waals surface area contributed by atoms with Gasteiger partial charge in [0.1, 0.15) is 0 Å². The lowest BCUT2D eigenvalue weighted by atomic mass is 10.0. The first-order valence-electron chi connectivity index (χ1n) is 6.82. The van der Waals surface area contributed by atoms with Crippen LogP contribution in [0.3, 0.4) is 0 Å². The van der Waals surface area contributed by atoms with E-state index in [9.17, 15) is 4.79 Å². The van der Waals surface area contributed by atoms with Gasteiger partial charge in [0.05, 0.1) is 9.90 Å². The largest absolute Gasteiger partial charge is 0.294 e. The van der Waals surface area contributed by atoms with E-state index < -0.39 is 0 Å². The zero-order valence-electron chi connectivity index (χ0n) is 12.1. The molecule has 0 aliphatic rings. The maximum absolute atomic E-state index is 11.8. The van der Waals surface area contributed by atoms with Gasteiger partial charge in [0, 0.05) is 26.0 Å². The number of Topliss-reactive ketones (excluding diaryl/α,β-unsaturated/α-hetero) is 1. The second-order valence-electron chi connectivity index (χ2n) is 5.04. The molecule has 2 aromatic carbocycles. The van der Waals surface area contributed by atoms with Gasteiger partial charge in [0.25, 0.3) is 0 Å². The summed E-state index contributed by atoms with van der Waals surface area (Å²) >= 11 is 19.7. The number of thiophene rings is 1. The first-order chi connectivity index (χ1) is 11.0. The molecule has 5 heteroatoms. The number of benzene rings is 2. The third kappa shape index (κ3) is 3.46. The van der Waals surface area contributed by atoms with Crippen LogP contribution in [0.4, 0.5) is 0 Å². The van der Waals surface area contributed by atoms with Crippen molar-refractivity contribution in [2.45, 2.75) is 6.92 Å². The SMILES string of the molecule is CC(=O)c1cc(-c2ccc(Cl)cc2)c(-c2ccc(Cl)cc2Cl)s1. The molecule has 0 bridgehead atoms. The summed E-state index contributed by atoms with van der Waals surface area (Å²) in [7, 11) is 0. The molecule has 0 aliphatic carbocycles. The van der Waals surface area contributed by atoms with E-state index in [4.69, 9.17) is 34.8 Å². The molecule has 0 aliphatic heterocycles. The van der Waals surface area contributed by atoms with Crippen molar-refractivity contribution in [2.75, 3.05) is 0 Å². The third-order valence-corrected chi connectivity index (χ3v) is 5.48. The summed E-state index contributed by atoms with van der Waals surface area (Å²) in [5.74, 6) is 0.0292. The van der Waals surface area contributed by atoms with E-state index in [2.05, 4.69) is 0 Å². The summed E-state index contributed by atoms with van der Waals surface area (Å²) in [5, 5.41) is 1.81. The molecule has 0 saturated heterocycles. The predicted octanol–water partition coefficient (Wildman–Crippen LogP) is 7.24. The van der Waals surface area contributed by atoms with E-state index in [1.807, 2.05) is 36.4 Å². The highest BCUT2D eigenvalue weighted by molar-refractivity contribution is 7.18. The van der Waals surface area contributed by atoms with Crippen LogP contribution in [-0.4, -0.2) is 5.78 Å². The van der Waals surface area contributed by atoms with Gasteiger partial charge in [-0.2, -0.15) is 0 Å². The topological polar surface area (TPSA) is 17.1 Å². The highest BCUT2D eigenvalue weighted by atomic mass is 35.5. The number of hydrogen-bond acceptors (Lipinski definition) is 2. The second-order valence-corrected chi connectivity index (χ2v) is 7.37. The van der Waals surface area contributed by atoms with Crippen LogP contribution in [0.15, 0.2) is 48.5 Å². The lowest BCUT2D eigenvalue weighted by molar-refractivity contribution is 0.102. The first-order valence-corrected chi connectivity index (χ1v) is 8.77. The lowest BCUT2D eigenvalue weighted by Crippen LogP contribution is -1.84. The van der Waals surface area contributed by atoms with Crippen molar-refractivity contribution in [3.8, 4) is 21.6 Å². The summed E-state index contributed by atoms with van der Waals surface area (Å²) in [6, 6.07) is 14.8. The minimum atomic E-state index is 0.0292. The number of hydrogen-bond donors (Lipinski definition) is 0. The summed E-state index contributed by atoms with van der Waals surface area (Å²) in [6.07, 6.45) is 0. The average molecular weight is 382 g/mol. The summed E-state index contributed by atoms with van der Waals surface area (Å²) in [5.41, 5.74) is 2.80. The van der Waals surface area contributed by atoms with Crippen LogP contribution in [0.1, 0.15) is 16.6 Å². The Balaban J connectivity index is 2.22. The summed E-state index contributed by atoms with van der Waals surface area (Å²) in [4.78, 5) is 13.4.